The van der Waals surface area contributed by atoms with E-state index in [2.05, 4.69) is 26.9 Å². The molecule has 0 aliphatic heterocycles. The number of nitrogens with one attached hydrogen (secondary N) is 2. The molecule has 0 aliphatic rings. The van der Waals surface area contributed by atoms with E-state index in [1.54, 1.807) is 7.11 Å². The minimum atomic E-state index is 0.428. The normalized spacial score (nSPS) is 10.5. The minimum absolute atomic E-state index is 0.428. The Bertz CT molecular complexity index is 362. The zero-order chi connectivity index (χ0) is 13.9. The molecule has 2 N–H and O–H groups in total. The van der Waals surface area contributed by atoms with Crippen molar-refractivity contribution in [3.63, 3.8) is 0 Å². The molecule has 0 aromatic carbocycles. The van der Waals surface area contributed by atoms with Gasteiger partial charge in [0.2, 0.25) is 0 Å². The lowest BCUT2D eigenvalue weighted by atomic mass is 10.2. The fourth-order valence-electron chi connectivity index (χ4n) is 1.67. The smallest absolute Gasteiger partial charge is 0.158 e. The molecule has 0 fully saturated rings. The molecule has 0 saturated carbocycles. The van der Waals surface area contributed by atoms with Crippen LogP contribution in [0.4, 0.5) is 11.6 Å². The number of hydrogen-bond acceptors (Lipinski definition) is 6. The van der Waals surface area contributed by atoms with Crippen LogP contribution in [-0.4, -0.2) is 42.7 Å². The van der Waals surface area contributed by atoms with Crippen LogP contribution in [0.5, 0.6) is 0 Å². The standard InChI is InChI=1S/C13H24N4OS/c1-14-11-9-12(17-13(16-11)10-18-2)15-7-5-4-6-8-19-3/h9H,4-8,10H2,1-3H3,(H2,14,15,16,17). The first kappa shape index (κ1) is 16.0. The lowest BCUT2D eigenvalue weighted by molar-refractivity contribution is 0.178. The van der Waals surface area contributed by atoms with E-state index in [9.17, 15) is 0 Å². The number of aromatic nitrogens is 2. The Kier molecular flexibility index (Phi) is 8.33. The lowest BCUT2D eigenvalue weighted by Gasteiger charge is -2.09. The number of hydrogen-bond donors (Lipinski definition) is 2. The predicted octanol–water partition coefficient (Wildman–Crippen LogP) is 2.61. The Morgan fingerprint density at radius 2 is 2.00 bits per heavy atom. The third kappa shape index (κ3) is 6.63. The van der Waals surface area contributed by atoms with Gasteiger partial charge in [-0.15, -0.1) is 0 Å². The van der Waals surface area contributed by atoms with Gasteiger partial charge in [-0.25, -0.2) is 9.97 Å². The quantitative estimate of drug-likeness (QED) is 0.644. The average molecular weight is 284 g/mol. The Balaban J connectivity index is 2.41. The maximum absolute atomic E-state index is 5.07. The summed E-state index contributed by atoms with van der Waals surface area (Å²) in [5.41, 5.74) is 0. The molecule has 5 nitrogen and oxygen atoms in total. The SMILES string of the molecule is CNc1cc(NCCCCCSC)nc(COC)n1. The van der Waals surface area contributed by atoms with E-state index in [1.165, 1.54) is 25.0 Å². The fraction of sp³-hybridized carbons (Fsp3) is 0.692. The van der Waals surface area contributed by atoms with E-state index in [4.69, 9.17) is 4.74 Å². The molecule has 0 aliphatic carbocycles. The number of unbranched alkanes of at least 4 members (excludes halogenated alkanes) is 2. The molecule has 1 aromatic heterocycles. The first-order valence-electron chi connectivity index (χ1n) is 6.57. The molecule has 0 saturated heterocycles. The molecular weight excluding hydrogens is 260 g/mol. The van der Waals surface area contributed by atoms with Crippen LogP contribution in [0.3, 0.4) is 0 Å². The second kappa shape index (κ2) is 9.86. The highest BCUT2D eigenvalue weighted by molar-refractivity contribution is 7.98. The molecule has 1 aromatic rings. The second-order valence-corrected chi connectivity index (χ2v) is 5.20. The first-order valence-corrected chi connectivity index (χ1v) is 7.97. The first-order chi connectivity index (χ1) is 9.30. The van der Waals surface area contributed by atoms with Gasteiger partial charge in [-0.1, -0.05) is 6.42 Å². The Labute approximate surface area is 119 Å². The van der Waals surface area contributed by atoms with Crippen LogP contribution in [0.25, 0.3) is 0 Å². The number of nitrogens with zero attached hydrogens (tertiary/aromatic N) is 2. The Hall–Kier alpha value is -1.01. The molecule has 0 amide bonds. The summed E-state index contributed by atoms with van der Waals surface area (Å²) in [5, 5.41) is 6.38. The van der Waals surface area contributed by atoms with E-state index in [0.717, 1.165) is 18.2 Å². The molecule has 0 unspecified atom stereocenters. The van der Waals surface area contributed by atoms with Crippen LogP contribution < -0.4 is 10.6 Å². The summed E-state index contributed by atoms with van der Waals surface area (Å²) in [7, 11) is 3.50. The molecule has 0 atom stereocenters. The predicted molar refractivity (Wildman–Crippen MR) is 83.0 cm³/mol. The molecule has 108 valence electrons. The van der Waals surface area contributed by atoms with Gasteiger partial charge >= 0.3 is 0 Å². The summed E-state index contributed by atoms with van der Waals surface area (Å²) in [4.78, 5) is 8.73. The van der Waals surface area contributed by atoms with Gasteiger partial charge < -0.3 is 15.4 Å². The largest absolute Gasteiger partial charge is 0.377 e. The van der Waals surface area contributed by atoms with Gasteiger partial charge in [-0.3, -0.25) is 0 Å². The third-order valence-electron chi connectivity index (χ3n) is 2.63. The van der Waals surface area contributed by atoms with Gasteiger partial charge in [0.15, 0.2) is 5.82 Å². The van der Waals surface area contributed by atoms with E-state index >= 15 is 0 Å². The molecule has 0 radical (unpaired) electrons. The van der Waals surface area contributed by atoms with Gasteiger partial charge in [0.25, 0.3) is 0 Å². The van der Waals surface area contributed by atoms with Crippen molar-refractivity contribution in [1.82, 2.24) is 9.97 Å². The third-order valence-corrected chi connectivity index (χ3v) is 3.33. The number of rotatable bonds is 10. The molecule has 0 spiro atoms. The van der Waals surface area contributed by atoms with E-state index < -0.39 is 0 Å². The van der Waals surface area contributed by atoms with Crippen molar-refractivity contribution in [2.75, 3.05) is 43.3 Å². The van der Waals surface area contributed by atoms with E-state index in [0.29, 0.717) is 12.4 Å². The lowest BCUT2D eigenvalue weighted by Crippen LogP contribution is -2.08. The maximum atomic E-state index is 5.07. The fourth-order valence-corrected chi connectivity index (χ4v) is 2.17. The van der Waals surface area contributed by atoms with Gasteiger partial charge in [-0.2, -0.15) is 11.8 Å². The summed E-state index contributed by atoms with van der Waals surface area (Å²) < 4.78 is 5.07. The highest BCUT2D eigenvalue weighted by Gasteiger charge is 2.03. The molecule has 6 heteroatoms. The van der Waals surface area contributed by atoms with Crippen LogP contribution in [-0.2, 0) is 11.3 Å². The van der Waals surface area contributed by atoms with Crippen LogP contribution >= 0.6 is 11.8 Å². The zero-order valence-electron chi connectivity index (χ0n) is 12.0. The number of ether oxygens (including phenoxy) is 1. The van der Waals surface area contributed by atoms with Gasteiger partial charge in [-0.05, 0) is 24.9 Å². The summed E-state index contributed by atoms with van der Waals surface area (Å²) in [6, 6.07) is 1.92. The number of thioether (sulfide) groups is 1. The summed E-state index contributed by atoms with van der Waals surface area (Å²) in [5.74, 6) is 3.61. The van der Waals surface area contributed by atoms with Crippen LogP contribution in [0.1, 0.15) is 25.1 Å². The van der Waals surface area contributed by atoms with Gasteiger partial charge in [0.05, 0.1) is 0 Å². The van der Waals surface area contributed by atoms with Gasteiger partial charge in [0.1, 0.15) is 18.2 Å². The van der Waals surface area contributed by atoms with Crippen molar-refractivity contribution >= 4 is 23.4 Å². The van der Waals surface area contributed by atoms with Crippen LogP contribution in [0.2, 0.25) is 0 Å². The van der Waals surface area contributed by atoms with Crippen molar-refractivity contribution in [3.05, 3.63) is 11.9 Å². The summed E-state index contributed by atoms with van der Waals surface area (Å²) in [6.45, 7) is 1.37. The maximum Gasteiger partial charge on any atom is 0.158 e. The number of methoxy groups -OCH3 is 1. The molecule has 1 heterocycles. The minimum Gasteiger partial charge on any atom is -0.377 e. The molecular formula is C13H24N4OS. The second-order valence-electron chi connectivity index (χ2n) is 4.22. The van der Waals surface area contributed by atoms with Gasteiger partial charge in [0, 0.05) is 26.8 Å². The van der Waals surface area contributed by atoms with Crippen molar-refractivity contribution < 1.29 is 4.74 Å². The Morgan fingerprint density at radius 1 is 1.21 bits per heavy atom. The van der Waals surface area contributed by atoms with Crippen LogP contribution in [0.15, 0.2) is 6.07 Å². The molecule has 19 heavy (non-hydrogen) atoms. The molecule has 1 rings (SSSR count). The zero-order valence-corrected chi connectivity index (χ0v) is 12.8. The van der Waals surface area contributed by atoms with Crippen molar-refractivity contribution in [3.8, 4) is 0 Å². The highest BCUT2D eigenvalue weighted by atomic mass is 32.2. The van der Waals surface area contributed by atoms with Crippen molar-refractivity contribution in [2.24, 2.45) is 0 Å². The number of anilines is 2. The molecule has 0 bridgehead atoms. The summed E-state index contributed by atoms with van der Waals surface area (Å²) in [6.07, 6.45) is 5.85. The average Bonchev–Trinajstić information content (AvgIpc) is 2.43. The van der Waals surface area contributed by atoms with Crippen molar-refractivity contribution in [1.29, 1.82) is 0 Å². The van der Waals surface area contributed by atoms with Crippen LogP contribution in [0, 0.1) is 0 Å². The van der Waals surface area contributed by atoms with E-state index in [1.807, 2.05) is 24.9 Å². The monoisotopic (exact) mass is 284 g/mol. The highest BCUT2D eigenvalue weighted by Crippen LogP contribution is 2.12. The topological polar surface area (TPSA) is 59.1 Å². The summed E-state index contributed by atoms with van der Waals surface area (Å²) >= 11 is 1.91. The van der Waals surface area contributed by atoms with Crippen molar-refractivity contribution in [2.45, 2.75) is 25.9 Å². The van der Waals surface area contributed by atoms with E-state index in [-0.39, 0.29) is 0 Å². The Morgan fingerprint density at radius 3 is 2.68 bits per heavy atom.